The highest BCUT2D eigenvalue weighted by Crippen LogP contribution is 2.23. The second-order valence-corrected chi connectivity index (χ2v) is 3.80. The molecule has 0 aliphatic rings. The van der Waals surface area contributed by atoms with Crippen molar-refractivity contribution in [3.63, 3.8) is 0 Å². The molecule has 1 aromatic rings. The average Bonchev–Trinajstić information content (AvgIpc) is 2.25. The van der Waals surface area contributed by atoms with Gasteiger partial charge in [0, 0.05) is 25.0 Å². The molecule has 1 heterocycles. The van der Waals surface area contributed by atoms with Gasteiger partial charge in [-0.25, -0.2) is 4.39 Å². The van der Waals surface area contributed by atoms with Crippen molar-refractivity contribution in [1.29, 1.82) is 0 Å². The van der Waals surface area contributed by atoms with Crippen LogP contribution >= 0.6 is 0 Å². The summed E-state index contributed by atoms with van der Waals surface area (Å²) in [6.45, 7) is 8.55. The van der Waals surface area contributed by atoms with E-state index in [0.29, 0.717) is 6.54 Å². The van der Waals surface area contributed by atoms with Crippen molar-refractivity contribution < 1.29 is 4.39 Å². The number of nitrogens with zero attached hydrogens (tertiary/aromatic N) is 2. The number of aromatic nitrogens is 1. The Kier molecular flexibility index (Phi) is 4.10. The Labute approximate surface area is 97.6 Å². The maximum atomic E-state index is 13.5. The summed E-state index contributed by atoms with van der Waals surface area (Å²) in [5.41, 5.74) is -0.752. The highest BCUT2D eigenvalue weighted by molar-refractivity contribution is 6.14. The van der Waals surface area contributed by atoms with E-state index in [9.17, 15) is 4.39 Å². The number of hydrogen-bond acceptors (Lipinski definition) is 2. The van der Waals surface area contributed by atoms with Gasteiger partial charge in [-0.05, 0) is 26.0 Å². The van der Waals surface area contributed by atoms with E-state index in [0.717, 1.165) is 12.2 Å². The van der Waals surface area contributed by atoms with Crippen LogP contribution in [0.2, 0.25) is 0 Å². The first-order valence-electron chi connectivity index (χ1n) is 5.29. The molecule has 16 heavy (non-hydrogen) atoms. The number of halogens is 1. The first kappa shape index (κ1) is 12.8. The van der Waals surface area contributed by atoms with Gasteiger partial charge in [0.25, 0.3) is 0 Å². The fourth-order valence-corrected chi connectivity index (χ4v) is 1.46. The van der Waals surface area contributed by atoms with Crippen LogP contribution in [-0.4, -0.2) is 25.9 Å². The molecule has 0 spiro atoms. The normalized spacial score (nSPS) is 14.2. The van der Waals surface area contributed by atoms with Crippen LogP contribution in [0.5, 0.6) is 0 Å². The van der Waals surface area contributed by atoms with Gasteiger partial charge in [0.15, 0.2) is 0 Å². The molecular weight excluding hydrogens is 202 g/mol. The van der Waals surface area contributed by atoms with E-state index in [-0.39, 0.29) is 5.69 Å². The Morgan fingerprint density at radius 2 is 2.38 bits per heavy atom. The van der Waals surface area contributed by atoms with Crippen molar-refractivity contribution in [2.24, 2.45) is 0 Å². The number of pyridine rings is 1. The number of anilines is 1. The number of likely N-dealkylation sites (N-methyl/N-ethyl adjacent to an activating group) is 1. The van der Waals surface area contributed by atoms with E-state index in [1.165, 1.54) is 6.92 Å². The van der Waals surface area contributed by atoms with E-state index in [4.69, 9.17) is 7.85 Å². The largest absolute Gasteiger partial charge is 0.368 e. The lowest BCUT2D eigenvalue weighted by Crippen LogP contribution is -2.24. The first-order valence-corrected chi connectivity index (χ1v) is 5.29. The van der Waals surface area contributed by atoms with Crippen molar-refractivity contribution >= 4 is 13.5 Å². The van der Waals surface area contributed by atoms with Crippen LogP contribution in [0, 0.1) is 0 Å². The fourth-order valence-electron chi connectivity index (χ4n) is 1.46. The third-order valence-electron chi connectivity index (χ3n) is 2.34. The predicted molar refractivity (Wildman–Crippen MR) is 66.5 cm³/mol. The van der Waals surface area contributed by atoms with Gasteiger partial charge in [0.05, 0.1) is 5.69 Å². The Morgan fingerprint density at radius 3 is 2.88 bits per heavy atom. The van der Waals surface area contributed by atoms with Crippen LogP contribution in [0.3, 0.4) is 0 Å². The van der Waals surface area contributed by atoms with Gasteiger partial charge in [0.1, 0.15) is 13.4 Å². The van der Waals surface area contributed by atoms with Crippen LogP contribution in [-0.2, 0) is 5.57 Å². The van der Waals surface area contributed by atoms with Gasteiger partial charge >= 0.3 is 0 Å². The van der Waals surface area contributed by atoms with Crippen LogP contribution in [0.15, 0.2) is 31.0 Å². The summed E-state index contributed by atoms with van der Waals surface area (Å²) in [7, 11) is 5.37. The average molecular weight is 218 g/mol. The second kappa shape index (κ2) is 5.15. The number of alkyl halides is 1. The van der Waals surface area contributed by atoms with Crippen LogP contribution < -0.4 is 4.90 Å². The van der Waals surface area contributed by atoms with Gasteiger partial charge in [0.2, 0.25) is 0 Å². The predicted octanol–water partition coefficient (Wildman–Crippen LogP) is 2.40. The highest BCUT2D eigenvalue weighted by atomic mass is 19.1. The van der Waals surface area contributed by atoms with E-state index in [1.54, 1.807) is 18.3 Å². The molecule has 0 saturated heterocycles. The van der Waals surface area contributed by atoms with Gasteiger partial charge in [-0.15, -0.1) is 6.58 Å². The summed E-state index contributed by atoms with van der Waals surface area (Å²) in [6, 6.07) is 3.51. The topological polar surface area (TPSA) is 16.1 Å². The van der Waals surface area contributed by atoms with Gasteiger partial charge < -0.3 is 4.90 Å². The molecule has 0 aromatic carbocycles. The zero-order chi connectivity index (χ0) is 12.2. The SMILES string of the molecule is [B]C(C)(F)c1cc(N(CC)CC=C)ccn1. The minimum Gasteiger partial charge on any atom is -0.368 e. The molecule has 1 aromatic heterocycles. The molecule has 0 N–H and O–H groups in total. The van der Waals surface area contributed by atoms with Crippen LogP contribution in [0.4, 0.5) is 10.1 Å². The standard InChI is InChI=1S/C12H16BFN2/c1-4-8-16(5-2)10-6-7-15-11(9-10)12(3,13)14/h4,6-7,9H,1,5,8H2,2-3H3. The van der Waals surface area contributed by atoms with Crippen LogP contribution in [0.25, 0.3) is 0 Å². The monoisotopic (exact) mass is 218 g/mol. The van der Waals surface area contributed by atoms with E-state index in [1.807, 2.05) is 13.0 Å². The Balaban J connectivity index is 3.01. The summed E-state index contributed by atoms with van der Waals surface area (Å²) < 4.78 is 13.5. The molecular formula is C12H16BFN2. The molecule has 1 atom stereocenters. The Morgan fingerprint density at radius 1 is 1.69 bits per heavy atom. The van der Waals surface area contributed by atoms with Crippen molar-refractivity contribution in [1.82, 2.24) is 4.98 Å². The minimum absolute atomic E-state index is 0.243. The van der Waals surface area contributed by atoms with E-state index in [2.05, 4.69) is 16.5 Å². The van der Waals surface area contributed by atoms with Gasteiger partial charge in [-0.3, -0.25) is 4.98 Å². The molecule has 2 nitrogen and oxygen atoms in total. The third kappa shape index (κ3) is 3.09. The molecule has 2 radical (unpaired) electrons. The first-order chi connectivity index (χ1) is 7.49. The van der Waals surface area contributed by atoms with Crippen molar-refractivity contribution in [3.05, 3.63) is 36.7 Å². The quantitative estimate of drug-likeness (QED) is 0.557. The summed E-state index contributed by atoms with van der Waals surface area (Å²) in [5, 5.41) is 0. The number of hydrogen-bond donors (Lipinski definition) is 0. The molecule has 84 valence electrons. The lowest BCUT2D eigenvalue weighted by atomic mass is 9.82. The fraction of sp³-hybridized carbons (Fsp3) is 0.417. The molecule has 0 aliphatic carbocycles. The molecule has 0 saturated carbocycles. The molecule has 1 unspecified atom stereocenters. The zero-order valence-electron chi connectivity index (χ0n) is 9.78. The molecule has 1 rings (SSSR count). The van der Waals surface area contributed by atoms with Crippen molar-refractivity contribution in [3.8, 4) is 0 Å². The summed E-state index contributed by atoms with van der Waals surface area (Å²) in [6.07, 6.45) is 3.38. The summed E-state index contributed by atoms with van der Waals surface area (Å²) in [4.78, 5) is 5.99. The molecule has 0 bridgehead atoms. The Bertz CT molecular complexity index is 360. The molecule has 0 fully saturated rings. The molecule has 0 amide bonds. The lowest BCUT2D eigenvalue weighted by Gasteiger charge is -2.23. The van der Waals surface area contributed by atoms with Gasteiger partial charge in [-0.2, -0.15) is 0 Å². The Hall–Kier alpha value is -1.32. The van der Waals surface area contributed by atoms with Crippen molar-refractivity contribution in [2.45, 2.75) is 19.4 Å². The second-order valence-electron chi connectivity index (χ2n) is 3.80. The van der Waals surface area contributed by atoms with Crippen molar-refractivity contribution in [2.75, 3.05) is 18.0 Å². The molecule has 4 heteroatoms. The summed E-state index contributed by atoms with van der Waals surface area (Å²) >= 11 is 0. The van der Waals surface area contributed by atoms with E-state index < -0.39 is 5.57 Å². The highest BCUT2D eigenvalue weighted by Gasteiger charge is 2.20. The third-order valence-corrected chi connectivity index (χ3v) is 2.34. The van der Waals surface area contributed by atoms with Gasteiger partial charge in [-0.1, -0.05) is 6.08 Å². The molecule has 0 aliphatic heterocycles. The lowest BCUT2D eigenvalue weighted by molar-refractivity contribution is 0.305. The maximum absolute atomic E-state index is 13.5. The number of rotatable bonds is 5. The van der Waals surface area contributed by atoms with Crippen LogP contribution in [0.1, 0.15) is 19.5 Å². The summed E-state index contributed by atoms with van der Waals surface area (Å²) in [5.74, 6) is 0. The maximum Gasteiger partial charge on any atom is 0.129 e. The minimum atomic E-state index is -1.90. The van der Waals surface area contributed by atoms with E-state index >= 15 is 0 Å². The zero-order valence-corrected chi connectivity index (χ0v) is 9.78. The smallest absolute Gasteiger partial charge is 0.129 e.